The lowest BCUT2D eigenvalue weighted by atomic mass is 9.97. The molecule has 180 valence electrons. The third-order valence-corrected chi connectivity index (χ3v) is 5.73. The Kier molecular flexibility index (Phi) is 7.72. The first-order valence-electron chi connectivity index (χ1n) is 11.0. The van der Waals surface area contributed by atoms with E-state index in [-0.39, 0.29) is 29.5 Å². The zero-order valence-electron chi connectivity index (χ0n) is 18.7. The molecule has 1 aliphatic heterocycles. The van der Waals surface area contributed by atoms with Gasteiger partial charge in [0.15, 0.2) is 5.82 Å². The van der Waals surface area contributed by atoms with Crippen LogP contribution in [0.2, 0.25) is 0 Å². The lowest BCUT2D eigenvalue weighted by molar-refractivity contribution is -0.137. The number of carbonyl (C=O) groups is 2. The lowest BCUT2D eigenvalue weighted by Gasteiger charge is -2.31. The number of nitrogens with zero attached hydrogens (tertiary/aromatic N) is 4. The maximum atomic E-state index is 12.8. The standard InChI is InChI=1S/C22H29F3N6O2/c1-14(2)19-17(12-29-31(19)18-7-6-16(11-28-18)22(23,24)25)21(33)27-8-4-10-30-9-3-5-15(13-30)20(26)32/h6-7,11-12,14-15H,3-5,8-10,13H2,1-2H3,(H2,26,32)(H,27,33). The Hall–Kier alpha value is -2.95. The predicted octanol–water partition coefficient (Wildman–Crippen LogP) is 2.73. The first-order chi connectivity index (χ1) is 15.6. The molecule has 33 heavy (non-hydrogen) atoms. The summed E-state index contributed by atoms with van der Waals surface area (Å²) in [5.74, 6) is -0.595. The first kappa shape index (κ1) is 24.7. The highest BCUT2D eigenvalue weighted by Gasteiger charge is 2.31. The van der Waals surface area contributed by atoms with E-state index in [1.807, 2.05) is 13.8 Å². The number of likely N-dealkylation sites (tertiary alicyclic amines) is 1. The maximum Gasteiger partial charge on any atom is 0.417 e. The first-order valence-corrected chi connectivity index (χ1v) is 11.0. The van der Waals surface area contributed by atoms with E-state index in [2.05, 4.69) is 20.3 Å². The molecule has 0 bridgehead atoms. The van der Waals surface area contributed by atoms with Crippen LogP contribution >= 0.6 is 0 Å². The molecule has 8 nitrogen and oxygen atoms in total. The Bertz CT molecular complexity index is 972. The molecule has 1 fully saturated rings. The Labute approximate surface area is 190 Å². The van der Waals surface area contributed by atoms with Gasteiger partial charge in [0.05, 0.1) is 28.9 Å². The normalized spacial score (nSPS) is 17.3. The molecule has 0 radical (unpaired) electrons. The molecule has 11 heteroatoms. The fraction of sp³-hybridized carbons (Fsp3) is 0.545. The second kappa shape index (κ2) is 10.3. The number of hydrogen-bond acceptors (Lipinski definition) is 5. The van der Waals surface area contributed by atoms with E-state index in [0.29, 0.717) is 30.8 Å². The van der Waals surface area contributed by atoms with Crippen LogP contribution in [0, 0.1) is 5.92 Å². The molecule has 3 N–H and O–H groups in total. The summed E-state index contributed by atoms with van der Waals surface area (Å²) in [6.07, 6.45) is 0.142. The van der Waals surface area contributed by atoms with E-state index < -0.39 is 11.7 Å². The van der Waals surface area contributed by atoms with Gasteiger partial charge in [0, 0.05) is 19.3 Å². The number of hydrogen-bond donors (Lipinski definition) is 2. The number of nitrogens with two attached hydrogens (primary N) is 1. The molecule has 3 heterocycles. The quantitative estimate of drug-likeness (QED) is 0.582. The van der Waals surface area contributed by atoms with Crippen molar-refractivity contribution in [3.05, 3.63) is 41.3 Å². The van der Waals surface area contributed by atoms with E-state index in [1.165, 1.54) is 16.9 Å². The van der Waals surface area contributed by atoms with Crippen LogP contribution in [0.3, 0.4) is 0 Å². The second-order valence-corrected chi connectivity index (χ2v) is 8.56. The number of halogens is 3. The number of amides is 2. The van der Waals surface area contributed by atoms with Gasteiger partial charge in [0.2, 0.25) is 5.91 Å². The number of alkyl halides is 3. The van der Waals surface area contributed by atoms with E-state index in [4.69, 9.17) is 5.73 Å². The summed E-state index contributed by atoms with van der Waals surface area (Å²) in [6, 6.07) is 2.18. The molecule has 2 aromatic heterocycles. The minimum atomic E-state index is -4.48. The van der Waals surface area contributed by atoms with Gasteiger partial charge >= 0.3 is 6.18 Å². The largest absolute Gasteiger partial charge is 0.417 e. The second-order valence-electron chi connectivity index (χ2n) is 8.56. The third-order valence-electron chi connectivity index (χ3n) is 5.73. The predicted molar refractivity (Wildman–Crippen MR) is 116 cm³/mol. The minimum absolute atomic E-state index is 0.114. The highest BCUT2D eigenvalue weighted by molar-refractivity contribution is 5.95. The molecule has 1 atom stereocenters. The SMILES string of the molecule is CC(C)c1c(C(=O)NCCCN2CCCC(C(N)=O)C2)cnn1-c1ccc(C(F)(F)F)cn1. The van der Waals surface area contributed by atoms with Crippen molar-refractivity contribution in [1.29, 1.82) is 0 Å². The van der Waals surface area contributed by atoms with Gasteiger partial charge in [0.1, 0.15) is 0 Å². The Morgan fingerprint density at radius 3 is 2.64 bits per heavy atom. The molecule has 0 spiro atoms. The molecule has 0 aliphatic carbocycles. The number of pyridine rings is 1. The molecule has 1 unspecified atom stereocenters. The zero-order valence-corrected chi connectivity index (χ0v) is 18.7. The topological polar surface area (TPSA) is 106 Å². The molecule has 0 aromatic carbocycles. The fourth-order valence-electron chi connectivity index (χ4n) is 4.04. The van der Waals surface area contributed by atoms with Crippen LogP contribution in [0.15, 0.2) is 24.5 Å². The van der Waals surface area contributed by atoms with Crippen molar-refractivity contribution in [1.82, 2.24) is 25.0 Å². The molecule has 0 saturated carbocycles. The minimum Gasteiger partial charge on any atom is -0.369 e. The van der Waals surface area contributed by atoms with Gasteiger partial charge < -0.3 is 16.0 Å². The van der Waals surface area contributed by atoms with Crippen molar-refractivity contribution < 1.29 is 22.8 Å². The highest BCUT2D eigenvalue weighted by atomic mass is 19.4. The smallest absolute Gasteiger partial charge is 0.369 e. The van der Waals surface area contributed by atoms with Gasteiger partial charge in [-0.1, -0.05) is 13.8 Å². The van der Waals surface area contributed by atoms with Crippen LogP contribution in [-0.2, 0) is 11.0 Å². The maximum absolute atomic E-state index is 12.8. The lowest BCUT2D eigenvalue weighted by Crippen LogP contribution is -2.42. The average molecular weight is 467 g/mol. The van der Waals surface area contributed by atoms with Crippen LogP contribution in [0.4, 0.5) is 13.2 Å². The van der Waals surface area contributed by atoms with Gasteiger partial charge in [-0.25, -0.2) is 9.67 Å². The molecular weight excluding hydrogens is 437 g/mol. The Morgan fingerprint density at radius 1 is 1.27 bits per heavy atom. The van der Waals surface area contributed by atoms with E-state index in [9.17, 15) is 22.8 Å². The van der Waals surface area contributed by atoms with E-state index in [0.717, 1.165) is 38.2 Å². The van der Waals surface area contributed by atoms with Crippen LogP contribution < -0.4 is 11.1 Å². The number of aromatic nitrogens is 3. The van der Waals surface area contributed by atoms with Crippen molar-refractivity contribution in [2.45, 2.75) is 45.2 Å². The van der Waals surface area contributed by atoms with Gasteiger partial charge in [-0.3, -0.25) is 9.59 Å². The number of rotatable bonds is 8. The Balaban J connectivity index is 1.62. The van der Waals surface area contributed by atoms with Crippen LogP contribution in [0.1, 0.15) is 60.6 Å². The zero-order chi connectivity index (χ0) is 24.2. The Morgan fingerprint density at radius 2 is 2.03 bits per heavy atom. The molecule has 1 saturated heterocycles. The average Bonchev–Trinajstić information content (AvgIpc) is 3.22. The van der Waals surface area contributed by atoms with Gasteiger partial charge in [-0.2, -0.15) is 18.3 Å². The van der Waals surface area contributed by atoms with Crippen molar-refractivity contribution in [2.75, 3.05) is 26.2 Å². The number of carbonyl (C=O) groups excluding carboxylic acids is 2. The van der Waals surface area contributed by atoms with Crippen molar-refractivity contribution >= 4 is 11.8 Å². The molecule has 1 aliphatic rings. The number of piperidine rings is 1. The van der Waals surface area contributed by atoms with Crippen molar-refractivity contribution in [3.63, 3.8) is 0 Å². The van der Waals surface area contributed by atoms with Crippen LogP contribution in [0.25, 0.3) is 5.82 Å². The van der Waals surface area contributed by atoms with Gasteiger partial charge in [-0.15, -0.1) is 0 Å². The molecular formula is C22H29F3N6O2. The number of nitrogens with one attached hydrogen (secondary N) is 1. The van der Waals surface area contributed by atoms with Crippen LogP contribution in [0.5, 0.6) is 0 Å². The monoisotopic (exact) mass is 466 g/mol. The summed E-state index contributed by atoms with van der Waals surface area (Å²) < 4.78 is 39.9. The fourth-order valence-corrected chi connectivity index (χ4v) is 4.04. The highest BCUT2D eigenvalue weighted by Crippen LogP contribution is 2.29. The summed E-state index contributed by atoms with van der Waals surface area (Å²) in [7, 11) is 0. The molecule has 2 amide bonds. The van der Waals surface area contributed by atoms with E-state index >= 15 is 0 Å². The molecule has 2 aromatic rings. The van der Waals surface area contributed by atoms with Crippen LogP contribution in [-0.4, -0.2) is 57.7 Å². The summed E-state index contributed by atoms with van der Waals surface area (Å²) in [6.45, 7) is 6.49. The summed E-state index contributed by atoms with van der Waals surface area (Å²) in [4.78, 5) is 30.3. The van der Waals surface area contributed by atoms with Crippen molar-refractivity contribution in [3.8, 4) is 5.82 Å². The number of primary amides is 1. The summed E-state index contributed by atoms with van der Waals surface area (Å²) >= 11 is 0. The van der Waals surface area contributed by atoms with E-state index in [1.54, 1.807) is 0 Å². The molecule has 3 rings (SSSR count). The third kappa shape index (κ3) is 6.10. The van der Waals surface area contributed by atoms with Crippen molar-refractivity contribution in [2.24, 2.45) is 11.7 Å². The summed E-state index contributed by atoms with van der Waals surface area (Å²) in [5, 5.41) is 7.09. The van der Waals surface area contributed by atoms with Gasteiger partial charge in [-0.05, 0) is 50.4 Å². The summed E-state index contributed by atoms with van der Waals surface area (Å²) in [5.41, 5.74) is 5.49. The van der Waals surface area contributed by atoms with Gasteiger partial charge in [0.25, 0.3) is 5.91 Å².